The molecule has 1 fully saturated rings. The molecule has 0 saturated carbocycles. The van der Waals surface area contributed by atoms with E-state index in [1.807, 2.05) is 34.5 Å². The highest BCUT2D eigenvalue weighted by Crippen LogP contribution is 2.29. The fraction of sp³-hybridized carbons (Fsp3) is 0.476. The average molecular weight is 365 g/mol. The standard InChI is InChI=1S/C21H27N5O/c1-14-16(8-9-19(27)25-11-10-21(3,12-22)13-25)15(2)26-20(23-14)17-6-4-5-7-18(17)24-26/h4-7H,8-13,22H2,1-3H3. The number of nitrogens with zero attached hydrogens (tertiary/aromatic N) is 4. The highest BCUT2D eigenvalue weighted by molar-refractivity contribution is 5.92. The first-order valence-electron chi connectivity index (χ1n) is 9.63. The van der Waals surface area contributed by atoms with Gasteiger partial charge < -0.3 is 10.6 Å². The van der Waals surface area contributed by atoms with E-state index < -0.39 is 0 Å². The topological polar surface area (TPSA) is 76.5 Å². The molecule has 142 valence electrons. The third-order valence-electron chi connectivity index (χ3n) is 6.01. The van der Waals surface area contributed by atoms with Crippen LogP contribution in [0.25, 0.3) is 16.6 Å². The predicted octanol–water partition coefficient (Wildman–Crippen LogP) is 2.63. The number of aryl methyl sites for hydroxylation is 2. The Hall–Kier alpha value is -2.47. The summed E-state index contributed by atoms with van der Waals surface area (Å²) < 4.78 is 1.92. The van der Waals surface area contributed by atoms with Crippen molar-refractivity contribution in [3.8, 4) is 0 Å². The minimum Gasteiger partial charge on any atom is -0.342 e. The highest BCUT2D eigenvalue weighted by atomic mass is 16.2. The Labute approximate surface area is 159 Å². The summed E-state index contributed by atoms with van der Waals surface area (Å²) in [6.45, 7) is 8.45. The molecule has 0 bridgehead atoms. The van der Waals surface area contributed by atoms with Crippen LogP contribution in [0.3, 0.4) is 0 Å². The highest BCUT2D eigenvalue weighted by Gasteiger charge is 2.34. The van der Waals surface area contributed by atoms with Crippen molar-refractivity contribution in [3.05, 3.63) is 41.2 Å². The van der Waals surface area contributed by atoms with Gasteiger partial charge in [-0.3, -0.25) is 4.79 Å². The maximum Gasteiger partial charge on any atom is 0.222 e. The van der Waals surface area contributed by atoms with Crippen molar-refractivity contribution in [2.45, 2.75) is 40.0 Å². The molecule has 3 aromatic rings. The van der Waals surface area contributed by atoms with E-state index in [0.717, 1.165) is 53.0 Å². The van der Waals surface area contributed by atoms with Crippen molar-refractivity contribution in [2.24, 2.45) is 11.1 Å². The lowest BCUT2D eigenvalue weighted by molar-refractivity contribution is -0.130. The minimum absolute atomic E-state index is 0.0666. The summed E-state index contributed by atoms with van der Waals surface area (Å²) in [5.74, 6) is 0.205. The van der Waals surface area contributed by atoms with Crippen LogP contribution in [0.1, 0.15) is 36.7 Å². The molecule has 0 aliphatic carbocycles. The van der Waals surface area contributed by atoms with Gasteiger partial charge in [-0.1, -0.05) is 19.1 Å². The molecule has 2 N–H and O–H groups in total. The second kappa shape index (κ2) is 6.60. The van der Waals surface area contributed by atoms with Crippen LogP contribution in [0.15, 0.2) is 24.3 Å². The number of rotatable bonds is 4. The van der Waals surface area contributed by atoms with Gasteiger partial charge in [-0.25, -0.2) is 9.50 Å². The van der Waals surface area contributed by atoms with Crippen molar-refractivity contribution in [2.75, 3.05) is 19.6 Å². The first-order chi connectivity index (χ1) is 12.9. The summed E-state index contributed by atoms with van der Waals surface area (Å²) >= 11 is 0. The zero-order chi connectivity index (χ0) is 19.2. The first-order valence-corrected chi connectivity index (χ1v) is 9.63. The number of carbonyl (C=O) groups excluding carboxylic acids is 1. The second-order valence-electron chi connectivity index (χ2n) is 8.09. The van der Waals surface area contributed by atoms with E-state index in [-0.39, 0.29) is 11.3 Å². The van der Waals surface area contributed by atoms with Crippen molar-refractivity contribution >= 4 is 22.5 Å². The number of hydrogen-bond donors (Lipinski definition) is 1. The number of amides is 1. The van der Waals surface area contributed by atoms with Gasteiger partial charge in [-0.15, -0.1) is 0 Å². The van der Waals surface area contributed by atoms with E-state index in [1.165, 1.54) is 0 Å². The Morgan fingerprint density at radius 3 is 2.81 bits per heavy atom. The van der Waals surface area contributed by atoms with Crippen LogP contribution < -0.4 is 5.73 Å². The lowest BCUT2D eigenvalue weighted by Gasteiger charge is -2.22. The maximum absolute atomic E-state index is 12.7. The molecule has 6 nitrogen and oxygen atoms in total. The molecule has 3 heterocycles. The molecule has 2 aromatic heterocycles. The third kappa shape index (κ3) is 3.08. The average Bonchev–Trinajstić information content (AvgIpc) is 3.23. The van der Waals surface area contributed by atoms with Crippen LogP contribution in [0.5, 0.6) is 0 Å². The molecule has 0 radical (unpaired) electrons. The number of aromatic nitrogens is 3. The fourth-order valence-electron chi connectivity index (χ4n) is 4.13. The van der Waals surface area contributed by atoms with E-state index in [9.17, 15) is 4.79 Å². The van der Waals surface area contributed by atoms with E-state index in [2.05, 4.69) is 19.9 Å². The van der Waals surface area contributed by atoms with E-state index in [4.69, 9.17) is 15.8 Å². The van der Waals surface area contributed by atoms with Gasteiger partial charge in [-0.05, 0) is 56.3 Å². The summed E-state index contributed by atoms with van der Waals surface area (Å²) in [5, 5.41) is 5.76. The smallest absolute Gasteiger partial charge is 0.222 e. The summed E-state index contributed by atoms with van der Waals surface area (Å²) in [6.07, 6.45) is 2.17. The normalized spacial score (nSPS) is 20.1. The number of carbonyl (C=O) groups is 1. The molecule has 1 aliphatic heterocycles. The van der Waals surface area contributed by atoms with Crippen LogP contribution in [-0.2, 0) is 11.2 Å². The lowest BCUT2D eigenvalue weighted by atomic mass is 9.90. The van der Waals surface area contributed by atoms with E-state index >= 15 is 0 Å². The minimum atomic E-state index is 0.0666. The Bertz CT molecular complexity index is 1020. The zero-order valence-electron chi connectivity index (χ0n) is 16.3. The Kier molecular flexibility index (Phi) is 4.38. The van der Waals surface area contributed by atoms with Gasteiger partial charge in [0.1, 0.15) is 0 Å². The van der Waals surface area contributed by atoms with Crippen LogP contribution >= 0.6 is 0 Å². The van der Waals surface area contributed by atoms with Gasteiger partial charge in [0.2, 0.25) is 5.91 Å². The fourth-order valence-corrected chi connectivity index (χ4v) is 4.13. The number of nitrogens with two attached hydrogens (primary N) is 1. The molecule has 27 heavy (non-hydrogen) atoms. The molecule has 1 aromatic carbocycles. The van der Waals surface area contributed by atoms with Gasteiger partial charge in [0.15, 0.2) is 5.65 Å². The van der Waals surface area contributed by atoms with Crippen molar-refractivity contribution < 1.29 is 4.79 Å². The summed E-state index contributed by atoms with van der Waals surface area (Å²) in [4.78, 5) is 19.5. The van der Waals surface area contributed by atoms with Crippen molar-refractivity contribution in [1.82, 2.24) is 19.5 Å². The predicted molar refractivity (Wildman–Crippen MR) is 107 cm³/mol. The van der Waals surface area contributed by atoms with E-state index in [1.54, 1.807) is 0 Å². The van der Waals surface area contributed by atoms with Crippen LogP contribution in [0, 0.1) is 19.3 Å². The van der Waals surface area contributed by atoms with Crippen LogP contribution in [0.2, 0.25) is 0 Å². The summed E-state index contributed by atoms with van der Waals surface area (Å²) in [5.41, 5.74) is 10.9. The molecule has 1 atom stereocenters. The Morgan fingerprint density at radius 1 is 1.30 bits per heavy atom. The van der Waals surface area contributed by atoms with E-state index in [0.29, 0.717) is 19.4 Å². The van der Waals surface area contributed by atoms with Gasteiger partial charge >= 0.3 is 0 Å². The third-order valence-corrected chi connectivity index (χ3v) is 6.01. The first kappa shape index (κ1) is 17.9. The lowest BCUT2D eigenvalue weighted by Crippen LogP contribution is -2.34. The Morgan fingerprint density at radius 2 is 2.07 bits per heavy atom. The molecule has 4 rings (SSSR count). The summed E-state index contributed by atoms with van der Waals surface area (Å²) in [6, 6.07) is 8.05. The Balaban J connectivity index is 1.57. The number of hydrogen-bond acceptors (Lipinski definition) is 4. The monoisotopic (exact) mass is 365 g/mol. The summed E-state index contributed by atoms with van der Waals surface area (Å²) in [7, 11) is 0. The van der Waals surface area contributed by atoms with Crippen LogP contribution in [-0.4, -0.2) is 45.0 Å². The van der Waals surface area contributed by atoms with Gasteiger partial charge in [-0.2, -0.15) is 5.10 Å². The van der Waals surface area contributed by atoms with Gasteiger partial charge in [0, 0.05) is 36.3 Å². The van der Waals surface area contributed by atoms with Crippen molar-refractivity contribution in [1.29, 1.82) is 0 Å². The SMILES string of the molecule is Cc1nc2c3ccccc3nn2c(C)c1CCC(=O)N1CCC(C)(CN)C1. The van der Waals surface area contributed by atoms with Gasteiger partial charge in [0.25, 0.3) is 0 Å². The molecular weight excluding hydrogens is 338 g/mol. The quantitative estimate of drug-likeness (QED) is 0.771. The zero-order valence-corrected chi connectivity index (χ0v) is 16.3. The molecule has 0 spiro atoms. The van der Waals surface area contributed by atoms with Crippen molar-refractivity contribution in [3.63, 3.8) is 0 Å². The maximum atomic E-state index is 12.7. The van der Waals surface area contributed by atoms with Gasteiger partial charge in [0.05, 0.1) is 5.52 Å². The second-order valence-corrected chi connectivity index (χ2v) is 8.09. The number of fused-ring (bicyclic) bond motifs is 3. The molecule has 1 aliphatic rings. The molecule has 1 unspecified atom stereocenters. The largest absolute Gasteiger partial charge is 0.342 e. The molecule has 1 saturated heterocycles. The number of likely N-dealkylation sites (tertiary alicyclic amines) is 1. The number of benzene rings is 1. The molecular formula is C21H27N5O. The molecule has 6 heteroatoms. The van der Waals surface area contributed by atoms with Crippen LogP contribution in [0.4, 0.5) is 0 Å². The molecule has 1 amide bonds.